The molecule has 1 heteroatoms. The van der Waals surface area contributed by atoms with Gasteiger partial charge in [-0.3, -0.25) is 0 Å². The van der Waals surface area contributed by atoms with Crippen LogP contribution < -0.4 is 0 Å². The molecule has 39 heavy (non-hydrogen) atoms. The van der Waals surface area contributed by atoms with E-state index in [9.17, 15) is 5.11 Å². The van der Waals surface area contributed by atoms with Gasteiger partial charge in [0.15, 0.2) is 0 Å². The molecule has 0 saturated heterocycles. The van der Waals surface area contributed by atoms with Crippen molar-refractivity contribution in [2.45, 2.75) is 169 Å². The molecule has 0 aromatic rings. The van der Waals surface area contributed by atoms with Crippen LogP contribution in [0.2, 0.25) is 0 Å². The van der Waals surface area contributed by atoms with Gasteiger partial charge in [0, 0.05) is 0 Å². The largest absolute Gasteiger partial charge is 0.393 e. The first-order valence-electron chi connectivity index (χ1n) is 18.4. The second-order valence-corrected chi connectivity index (χ2v) is 18.0. The third-order valence-corrected chi connectivity index (χ3v) is 16.9. The fourth-order valence-corrected chi connectivity index (χ4v) is 14.6. The highest BCUT2D eigenvalue weighted by molar-refractivity contribution is 5.09. The van der Waals surface area contributed by atoms with E-state index in [0.29, 0.717) is 5.41 Å². The molecule has 6 unspecified atom stereocenters. The van der Waals surface area contributed by atoms with Crippen molar-refractivity contribution in [2.75, 3.05) is 0 Å². The quantitative estimate of drug-likeness (QED) is 0.326. The Morgan fingerprint density at radius 2 is 0.974 bits per heavy atom. The maximum Gasteiger partial charge on any atom is 0.0596 e. The van der Waals surface area contributed by atoms with Crippen LogP contribution >= 0.6 is 0 Å². The van der Waals surface area contributed by atoms with Gasteiger partial charge in [-0.25, -0.2) is 0 Å². The van der Waals surface area contributed by atoms with Crippen LogP contribution in [0.5, 0.6) is 0 Å². The van der Waals surface area contributed by atoms with Gasteiger partial charge in [-0.15, -0.1) is 0 Å². The molecule has 0 amide bonds. The van der Waals surface area contributed by atoms with Crippen molar-refractivity contribution in [1.29, 1.82) is 0 Å². The van der Waals surface area contributed by atoms with Gasteiger partial charge in [0.1, 0.15) is 0 Å². The molecule has 1 nitrogen and oxygen atoms in total. The van der Waals surface area contributed by atoms with Gasteiger partial charge in [-0.05, 0) is 172 Å². The lowest BCUT2D eigenvalue weighted by atomic mass is 9.45. The second-order valence-electron chi connectivity index (χ2n) is 18.0. The van der Waals surface area contributed by atoms with Crippen molar-refractivity contribution in [2.24, 2.45) is 69.0 Å². The molecular weight excluding hydrogens is 472 g/mol. The molecule has 0 aromatic heterocycles. The zero-order chi connectivity index (χ0) is 27.0. The van der Waals surface area contributed by atoms with E-state index >= 15 is 0 Å². The monoisotopic (exact) mass is 536 g/mol. The third kappa shape index (κ3) is 4.21. The Morgan fingerprint density at radius 3 is 1.62 bits per heavy atom. The first kappa shape index (κ1) is 27.8. The summed E-state index contributed by atoms with van der Waals surface area (Å²) in [6.07, 6.45) is 31.1. The number of aliphatic hydroxyl groups excluding tert-OH is 1. The molecule has 13 atom stereocenters. The van der Waals surface area contributed by atoms with Crippen molar-refractivity contribution in [3.8, 4) is 0 Å². The number of aliphatic hydroxyl groups is 1. The molecule has 0 aliphatic heterocycles. The summed E-state index contributed by atoms with van der Waals surface area (Å²) in [5.41, 5.74) is 2.40. The maximum atomic E-state index is 10.5. The molecule has 0 heterocycles. The average Bonchev–Trinajstić information content (AvgIpc) is 3.47. The summed E-state index contributed by atoms with van der Waals surface area (Å²) < 4.78 is 0. The number of hydrogen-bond donors (Lipinski definition) is 1. The van der Waals surface area contributed by atoms with Crippen molar-refractivity contribution >= 4 is 0 Å². The lowest BCUT2D eigenvalue weighted by Gasteiger charge is -2.60. The summed E-state index contributed by atoms with van der Waals surface area (Å²) in [7, 11) is 0. The van der Waals surface area contributed by atoms with E-state index in [1.807, 2.05) is 0 Å². The van der Waals surface area contributed by atoms with Crippen LogP contribution in [0.1, 0.15) is 163 Å². The van der Waals surface area contributed by atoms with E-state index in [1.54, 1.807) is 51.4 Å². The minimum absolute atomic E-state index is 0.00895. The summed E-state index contributed by atoms with van der Waals surface area (Å²) in [6.45, 7) is 10.4. The molecule has 8 rings (SSSR count). The zero-order valence-electron chi connectivity index (χ0n) is 26.5. The van der Waals surface area contributed by atoms with Crippen LogP contribution in [-0.2, 0) is 0 Å². The van der Waals surface area contributed by atoms with E-state index in [4.69, 9.17) is 0 Å². The van der Waals surface area contributed by atoms with Gasteiger partial charge < -0.3 is 5.11 Å². The molecule has 8 aliphatic rings. The molecule has 222 valence electrons. The van der Waals surface area contributed by atoms with Crippen LogP contribution in [0.25, 0.3) is 0 Å². The van der Waals surface area contributed by atoms with Crippen molar-refractivity contribution < 1.29 is 5.11 Å². The Morgan fingerprint density at radius 1 is 0.410 bits per heavy atom. The Balaban J connectivity index is 0.000000130. The fraction of sp³-hybridized carbons (Fsp3) is 1.00. The first-order valence-corrected chi connectivity index (χ1v) is 18.4. The highest BCUT2D eigenvalue weighted by atomic mass is 16.3. The number of fused-ring (bicyclic) bond motifs is 10. The fourth-order valence-electron chi connectivity index (χ4n) is 14.6. The van der Waals surface area contributed by atoms with Gasteiger partial charge >= 0.3 is 0 Å². The van der Waals surface area contributed by atoms with E-state index in [0.717, 1.165) is 64.6 Å². The van der Waals surface area contributed by atoms with E-state index in [-0.39, 0.29) is 11.5 Å². The van der Waals surface area contributed by atoms with Crippen LogP contribution in [0.15, 0.2) is 0 Å². The Kier molecular flexibility index (Phi) is 7.13. The summed E-state index contributed by atoms with van der Waals surface area (Å²) in [5.74, 6) is 8.17. The van der Waals surface area contributed by atoms with E-state index in [2.05, 4.69) is 27.7 Å². The number of hydrogen-bond acceptors (Lipinski definition) is 1. The standard InChI is InChI=1S/C19H32O.C19H32/c1-18-11-4-3-5-13(18)6-7-14-15-8-9-17(20)19(15,2)12-10-16(14)18;1-18-11-5-7-16(18)15-9-8-14-6-3-4-12-19(14,2)17(15)10-13-18/h13-17,20H,3-12H2,1-2H3;14-17H,3-13H2,1-2H3/t13?,14-,15-,16-,17?,18-,19-;14?,15?,16?,17?,18-,19-/m00/s1. The van der Waals surface area contributed by atoms with Crippen molar-refractivity contribution in [3.63, 3.8) is 0 Å². The molecule has 0 radical (unpaired) electrons. The van der Waals surface area contributed by atoms with Gasteiger partial charge in [0.2, 0.25) is 0 Å². The Hall–Kier alpha value is -0.0400. The summed E-state index contributed by atoms with van der Waals surface area (Å²) in [5, 5.41) is 10.5. The zero-order valence-corrected chi connectivity index (χ0v) is 26.5. The molecule has 8 saturated carbocycles. The molecule has 0 spiro atoms. The molecule has 0 aromatic carbocycles. The highest BCUT2D eigenvalue weighted by Gasteiger charge is 2.60. The topological polar surface area (TPSA) is 20.2 Å². The van der Waals surface area contributed by atoms with Gasteiger partial charge in [-0.2, -0.15) is 0 Å². The van der Waals surface area contributed by atoms with E-state index < -0.39 is 0 Å². The normalized spacial score (nSPS) is 57.9. The third-order valence-electron chi connectivity index (χ3n) is 16.9. The summed E-state index contributed by atoms with van der Waals surface area (Å²) >= 11 is 0. The van der Waals surface area contributed by atoms with Crippen LogP contribution in [-0.4, -0.2) is 11.2 Å². The highest BCUT2D eigenvalue weighted by Crippen LogP contribution is 2.67. The average molecular weight is 537 g/mol. The molecule has 0 bridgehead atoms. The maximum absolute atomic E-state index is 10.5. The van der Waals surface area contributed by atoms with Crippen LogP contribution in [0.4, 0.5) is 0 Å². The predicted molar refractivity (Wildman–Crippen MR) is 163 cm³/mol. The minimum Gasteiger partial charge on any atom is -0.393 e. The van der Waals surface area contributed by atoms with Crippen molar-refractivity contribution in [1.82, 2.24) is 0 Å². The minimum atomic E-state index is -0.00895. The Bertz CT molecular complexity index is 895. The second kappa shape index (κ2) is 10.0. The molecule has 8 aliphatic carbocycles. The summed E-state index contributed by atoms with van der Waals surface area (Å²) in [6, 6.07) is 0. The molecular formula is C38H64O. The predicted octanol–water partition coefficient (Wildman–Crippen LogP) is 10.6. The summed E-state index contributed by atoms with van der Waals surface area (Å²) in [4.78, 5) is 0. The molecule has 8 fully saturated rings. The van der Waals surface area contributed by atoms with Gasteiger partial charge in [-0.1, -0.05) is 59.8 Å². The van der Waals surface area contributed by atoms with E-state index in [1.165, 1.54) is 77.0 Å². The first-order chi connectivity index (χ1) is 18.7. The van der Waals surface area contributed by atoms with Crippen molar-refractivity contribution in [3.05, 3.63) is 0 Å². The lowest BCUT2D eigenvalue weighted by Crippen LogP contribution is -2.53. The van der Waals surface area contributed by atoms with Gasteiger partial charge in [0.25, 0.3) is 0 Å². The SMILES string of the molecule is C[C@@]12CCCC1C1CCC3CCCC[C@]3(C)C1CC2.C[C@]12CCCCC1CC[C@@H]1[C@@H]2CC[C@]2(C)C(O)CC[C@@H]12. The van der Waals surface area contributed by atoms with Crippen LogP contribution in [0, 0.1) is 69.0 Å². The molecule has 1 N–H and O–H groups in total. The Labute approximate surface area is 242 Å². The van der Waals surface area contributed by atoms with Gasteiger partial charge in [0.05, 0.1) is 6.10 Å². The lowest BCUT2D eigenvalue weighted by molar-refractivity contribution is -0.120. The smallest absolute Gasteiger partial charge is 0.0596 e. The van der Waals surface area contributed by atoms with Crippen LogP contribution in [0.3, 0.4) is 0 Å². The number of rotatable bonds is 0.